The van der Waals surface area contributed by atoms with Crippen LogP contribution in [0.1, 0.15) is 41.7 Å². The van der Waals surface area contributed by atoms with E-state index in [1.807, 2.05) is 0 Å². The van der Waals surface area contributed by atoms with E-state index in [2.05, 4.69) is 15.3 Å². The molecule has 0 saturated heterocycles. The minimum atomic E-state index is -0.677. The number of hydrogen-bond donors (Lipinski definition) is 3. The number of methoxy groups -OCH3 is 1. The summed E-state index contributed by atoms with van der Waals surface area (Å²) in [6.07, 6.45) is 8.18. The number of carbonyl (C=O) groups excluding carboxylic acids is 1. The van der Waals surface area contributed by atoms with Crippen LogP contribution in [-0.2, 0) is 11.3 Å². The van der Waals surface area contributed by atoms with Gasteiger partial charge in [0.1, 0.15) is 5.69 Å². The van der Waals surface area contributed by atoms with Gasteiger partial charge in [-0.15, -0.1) is 0 Å². The Morgan fingerprint density at radius 1 is 1.32 bits per heavy atom. The first-order valence-electron chi connectivity index (χ1n) is 9.20. The molecule has 3 rings (SSSR count). The molecule has 5 N–H and O–H groups in total. The molecular weight excluding hydrogens is 363 g/mol. The Morgan fingerprint density at radius 3 is 2.82 bits per heavy atom. The number of rotatable bonds is 7. The van der Waals surface area contributed by atoms with Crippen molar-refractivity contribution in [3.8, 4) is 0 Å². The van der Waals surface area contributed by atoms with Crippen molar-refractivity contribution in [3.63, 3.8) is 0 Å². The number of carbonyl (C=O) groups is 1. The van der Waals surface area contributed by atoms with Gasteiger partial charge in [-0.25, -0.2) is 0 Å². The van der Waals surface area contributed by atoms with Crippen molar-refractivity contribution in [2.24, 2.45) is 11.5 Å². The van der Waals surface area contributed by atoms with Gasteiger partial charge in [-0.05, 0) is 25.0 Å². The van der Waals surface area contributed by atoms with Crippen molar-refractivity contribution in [3.05, 3.63) is 42.0 Å². The largest absolute Gasteiger partial charge is 0.378 e. The quantitative estimate of drug-likeness (QED) is 0.623. The van der Waals surface area contributed by atoms with Gasteiger partial charge in [0.2, 0.25) is 5.91 Å². The van der Waals surface area contributed by atoms with E-state index in [9.17, 15) is 4.79 Å². The van der Waals surface area contributed by atoms with Gasteiger partial charge < -0.3 is 21.5 Å². The van der Waals surface area contributed by atoms with E-state index < -0.39 is 5.91 Å². The summed E-state index contributed by atoms with van der Waals surface area (Å²) in [7, 11) is 1.54. The summed E-state index contributed by atoms with van der Waals surface area (Å²) in [5.74, 6) is -0.677. The maximum absolute atomic E-state index is 15.3. The van der Waals surface area contributed by atoms with Gasteiger partial charge in [0.15, 0.2) is 0 Å². The Hall–Kier alpha value is -2.78. The molecule has 1 fully saturated rings. The Labute approximate surface area is 163 Å². The van der Waals surface area contributed by atoms with Crippen LogP contribution in [0.15, 0.2) is 30.7 Å². The molecule has 2 aromatic heterocycles. The van der Waals surface area contributed by atoms with Crippen LogP contribution in [0, 0.1) is 0 Å². The lowest BCUT2D eigenvalue weighted by atomic mass is 9.91. The summed E-state index contributed by atoms with van der Waals surface area (Å²) in [4.78, 5) is 19.6. The number of amides is 1. The molecule has 0 radical (unpaired) electrons. The second-order valence-corrected chi connectivity index (χ2v) is 6.90. The third kappa shape index (κ3) is 4.55. The molecule has 8 nitrogen and oxygen atoms in total. The van der Waals surface area contributed by atoms with E-state index in [1.54, 1.807) is 19.4 Å². The molecule has 1 saturated carbocycles. The third-order valence-corrected chi connectivity index (χ3v) is 4.84. The standard InChI is InChI=1S/C19H25FN6O2/c1-28-11-13-7-18(26(20)14-6-12(19(22)27)8-23-9-14)17(10-24-13)25-16-5-3-2-4-15(16)21/h6-10,15-16,25H,2-5,11,21H2,1H3,(H2,22,27). The van der Waals surface area contributed by atoms with Gasteiger partial charge in [-0.3, -0.25) is 14.8 Å². The summed E-state index contributed by atoms with van der Waals surface area (Å²) in [6, 6.07) is 2.97. The van der Waals surface area contributed by atoms with Crippen LogP contribution in [0.4, 0.5) is 21.5 Å². The number of nitrogens with two attached hydrogens (primary N) is 2. The molecule has 0 aromatic carbocycles. The first-order valence-corrected chi connectivity index (χ1v) is 9.20. The van der Waals surface area contributed by atoms with Gasteiger partial charge in [-0.1, -0.05) is 17.3 Å². The number of pyridine rings is 2. The molecule has 28 heavy (non-hydrogen) atoms. The molecular formula is C19H25FN6O2. The van der Waals surface area contributed by atoms with E-state index >= 15 is 4.48 Å². The summed E-state index contributed by atoms with van der Waals surface area (Å²) in [5, 5.41) is 3.79. The fraction of sp³-hybridized carbons (Fsp3) is 0.421. The third-order valence-electron chi connectivity index (χ3n) is 4.84. The molecule has 2 heterocycles. The van der Waals surface area contributed by atoms with Crippen LogP contribution in [0.5, 0.6) is 0 Å². The zero-order valence-corrected chi connectivity index (χ0v) is 15.8. The molecule has 0 aliphatic heterocycles. The van der Waals surface area contributed by atoms with E-state index in [0.717, 1.165) is 25.7 Å². The van der Waals surface area contributed by atoms with Gasteiger partial charge in [-0.2, -0.15) is 5.12 Å². The number of primary amides is 1. The van der Waals surface area contributed by atoms with E-state index in [-0.39, 0.29) is 35.6 Å². The highest BCUT2D eigenvalue weighted by Crippen LogP contribution is 2.34. The number of nitrogens with one attached hydrogen (secondary N) is 1. The minimum Gasteiger partial charge on any atom is -0.378 e. The molecule has 150 valence electrons. The van der Waals surface area contributed by atoms with Crippen molar-refractivity contribution in [2.45, 2.75) is 44.4 Å². The number of nitrogens with zero attached hydrogens (tertiary/aromatic N) is 3. The van der Waals surface area contributed by atoms with Gasteiger partial charge in [0.05, 0.1) is 41.6 Å². The highest BCUT2D eigenvalue weighted by Gasteiger charge is 2.24. The number of anilines is 3. The Morgan fingerprint density at radius 2 is 2.11 bits per heavy atom. The second-order valence-electron chi connectivity index (χ2n) is 6.90. The van der Waals surface area contributed by atoms with Crippen LogP contribution in [0.3, 0.4) is 0 Å². The Kier molecular flexibility index (Phi) is 6.37. The molecule has 2 atom stereocenters. The van der Waals surface area contributed by atoms with Gasteiger partial charge in [0.25, 0.3) is 0 Å². The van der Waals surface area contributed by atoms with Crippen LogP contribution >= 0.6 is 0 Å². The predicted molar refractivity (Wildman–Crippen MR) is 105 cm³/mol. The monoisotopic (exact) mass is 388 g/mol. The maximum Gasteiger partial charge on any atom is 0.250 e. The molecule has 2 unspecified atom stereocenters. The van der Waals surface area contributed by atoms with Gasteiger partial charge >= 0.3 is 0 Å². The molecule has 1 aliphatic carbocycles. The first kappa shape index (κ1) is 20.0. The van der Waals surface area contributed by atoms with Crippen LogP contribution < -0.4 is 21.9 Å². The lowest BCUT2D eigenvalue weighted by Crippen LogP contribution is -2.42. The van der Waals surface area contributed by atoms with Crippen molar-refractivity contribution >= 4 is 23.0 Å². The summed E-state index contributed by atoms with van der Waals surface area (Å²) in [6.45, 7) is 0.240. The van der Waals surface area contributed by atoms with Crippen LogP contribution in [-0.4, -0.2) is 35.1 Å². The van der Waals surface area contributed by atoms with Crippen LogP contribution in [0.2, 0.25) is 0 Å². The fourth-order valence-corrected chi connectivity index (χ4v) is 3.33. The van der Waals surface area contributed by atoms with Crippen molar-refractivity contribution < 1.29 is 14.0 Å². The summed E-state index contributed by atoms with van der Waals surface area (Å²) < 4.78 is 20.5. The van der Waals surface area contributed by atoms with E-state index in [0.29, 0.717) is 16.5 Å². The topological polar surface area (TPSA) is 119 Å². The second kappa shape index (κ2) is 8.94. The van der Waals surface area contributed by atoms with Crippen LogP contribution in [0.25, 0.3) is 0 Å². The summed E-state index contributed by atoms with van der Waals surface area (Å²) >= 11 is 0. The predicted octanol–water partition coefficient (Wildman–Crippen LogP) is 2.43. The highest BCUT2D eigenvalue weighted by molar-refractivity contribution is 5.93. The molecule has 1 aliphatic rings. The van der Waals surface area contributed by atoms with Gasteiger partial charge in [0, 0.05) is 25.4 Å². The molecule has 0 bridgehead atoms. The molecule has 0 spiro atoms. The normalized spacial score (nSPS) is 19.2. The van der Waals surface area contributed by atoms with Crippen molar-refractivity contribution in [1.82, 2.24) is 9.97 Å². The SMILES string of the molecule is COCc1cc(N(F)c2cncc(C(N)=O)c2)c(NC2CCCCC2N)cn1. The number of ether oxygens (including phenoxy) is 1. The number of hydrogen-bond acceptors (Lipinski definition) is 7. The van der Waals surface area contributed by atoms with Crippen molar-refractivity contribution in [2.75, 3.05) is 17.5 Å². The van der Waals surface area contributed by atoms with E-state index in [1.165, 1.54) is 18.5 Å². The lowest BCUT2D eigenvalue weighted by Gasteiger charge is -2.31. The smallest absolute Gasteiger partial charge is 0.250 e. The summed E-state index contributed by atoms with van der Waals surface area (Å²) in [5.41, 5.74) is 13.0. The first-order chi connectivity index (χ1) is 13.5. The lowest BCUT2D eigenvalue weighted by molar-refractivity contribution is 0.1000. The van der Waals surface area contributed by atoms with Crippen molar-refractivity contribution in [1.29, 1.82) is 0 Å². The zero-order chi connectivity index (χ0) is 20.1. The maximum atomic E-state index is 15.3. The minimum absolute atomic E-state index is 0.00632. The zero-order valence-electron chi connectivity index (χ0n) is 15.8. The average molecular weight is 388 g/mol. The number of halogens is 1. The highest BCUT2D eigenvalue weighted by atomic mass is 19.2. The Bertz CT molecular complexity index is 834. The fourth-order valence-electron chi connectivity index (χ4n) is 3.33. The molecule has 1 amide bonds. The Balaban J connectivity index is 1.95. The number of aromatic nitrogens is 2. The molecule has 2 aromatic rings. The van der Waals surface area contributed by atoms with E-state index in [4.69, 9.17) is 16.2 Å². The average Bonchev–Trinajstić information content (AvgIpc) is 2.70. The molecule has 9 heteroatoms.